The van der Waals surface area contributed by atoms with Gasteiger partial charge in [-0.15, -0.1) is 11.3 Å². The molecule has 0 radical (unpaired) electrons. The number of carbonyl (C=O) groups excluding carboxylic acids is 1. The zero-order valence-corrected chi connectivity index (χ0v) is 14.2. The normalized spacial score (nSPS) is 22.9. The number of nitrogens with zero attached hydrogens (tertiary/aromatic N) is 1. The fraction of sp³-hybridized carbons (Fsp3) is 0.556. The number of aryl methyl sites for hydroxylation is 1. The standard InChI is InChI=1S/C18H22N2O2S/c1-2-16-19-13-4-3-12(11-14(13)23-16)17(21)20-15-5-6-18(15)7-9-22-10-8-18/h3-4,11,15H,2,5-10H2,1H3,(H,20,21). The Morgan fingerprint density at radius 3 is 2.91 bits per heavy atom. The summed E-state index contributed by atoms with van der Waals surface area (Å²) in [6.45, 7) is 3.77. The van der Waals surface area contributed by atoms with Crippen LogP contribution in [0.15, 0.2) is 18.2 Å². The lowest BCUT2D eigenvalue weighted by atomic mass is 9.60. The second-order valence-electron chi connectivity index (χ2n) is 6.68. The summed E-state index contributed by atoms with van der Waals surface area (Å²) in [5.41, 5.74) is 2.03. The first-order valence-electron chi connectivity index (χ1n) is 8.48. The molecule has 4 rings (SSSR count). The van der Waals surface area contributed by atoms with Gasteiger partial charge in [-0.25, -0.2) is 4.98 Å². The molecule has 0 bridgehead atoms. The van der Waals surface area contributed by atoms with E-state index in [9.17, 15) is 4.79 Å². The lowest BCUT2D eigenvalue weighted by molar-refractivity contribution is -0.0523. The molecule has 2 fully saturated rings. The molecule has 5 heteroatoms. The van der Waals surface area contributed by atoms with Crippen molar-refractivity contribution in [2.24, 2.45) is 5.41 Å². The molecule has 1 N–H and O–H groups in total. The first-order chi connectivity index (χ1) is 11.2. The molecule has 1 amide bonds. The second kappa shape index (κ2) is 5.87. The van der Waals surface area contributed by atoms with Crippen LogP contribution in [0.1, 0.15) is 48.0 Å². The third kappa shape index (κ3) is 2.66. The van der Waals surface area contributed by atoms with E-state index in [1.54, 1.807) is 11.3 Å². The monoisotopic (exact) mass is 330 g/mol. The van der Waals surface area contributed by atoms with E-state index >= 15 is 0 Å². The smallest absolute Gasteiger partial charge is 0.251 e. The highest BCUT2D eigenvalue weighted by atomic mass is 32.1. The number of thiazole rings is 1. The number of benzene rings is 1. The van der Waals surface area contributed by atoms with Crippen LogP contribution in [0.3, 0.4) is 0 Å². The Morgan fingerprint density at radius 1 is 1.39 bits per heavy atom. The molecular formula is C18H22N2O2S. The summed E-state index contributed by atoms with van der Waals surface area (Å²) in [4.78, 5) is 17.2. The third-order valence-electron chi connectivity index (χ3n) is 5.46. The van der Waals surface area contributed by atoms with Crippen molar-refractivity contribution in [1.82, 2.24) is 10.3 Å². The van der Waals surface area contributed by atoms with Crippen molar-refractivity contribution in [3.05, 3.63) is 28.8 Å². The van der Waals surface area contributed by atoms with Crippen LogP contribution in [-0.2, 0) is 11.2 Å². The van der Waals surface area contributed by atoms with E-state index in [1.165, 1.54) is 6.42 Å². The zero-order valence-electron chi connectivity index (χ0n) is 13.4. The van der Waals surface area contributed by atoms with Gasteiger partial charge in [0.15, 0.2) is 0 Å². The van der Waals surface area contributed by atoms with Crippen molar-refractivity contribution < 1.29 is 9.53 Å². The maximum atomic E-state index is 12.6. The van der Waals surface area contributed by atoms with Crippen molar-refractivity contribution >= 4 is 27.5 Å². The van der Waals surface area contributed by atoms with E-state index in [2.05, 4.69) is 17.2 Å². The van der Waals surface area contributed by atoms with Gasteiger partial charge in [0.05, 0.1) is 15.2 Å². The van der Waals surface area contributed by atoms with Gasteiger partial charge in [-0.05, 0) is 55.7 Å². The van der Waals surface area contributed by atoms with Gasteiger partial charge >= 0.3 is 0 Å². The number of fused-ring (bicyclic) bond motifs is 1. The van der Waals surface area contributed by atoms with Gasteiger partial charge in [0.25, 0.3) is 5.91 Å². The fourth-order valence-corrected chi connectivity index (χ4v) is 4.75. The second-order valence-corrected chi connectivity index (χ2v) is 7.80. The molecule has 1 saturated carbocycles. The Balaban J connectivity index is 1.50. The molecule has 1 aliphatic carbocycles. The number of ether oxygens (including phenoxy) is 1. The molecule has 23 heavy (non-hydrogen) atoms. The van der Waals surface area contributed by atoms with E-state index in [1.807, 2.05) is 18.2 Å². The molecule has 4 nitrogen and oxygen atoms in total. The Morgan fingerprint density at radius 2 is 2.22 bits per heavy atom. The first kappa shape index (κ1) is 15.1. The maximum Gasteiger partial charge on any atom is 0.251 e. The largest absolute Gasteiger partial charge is 0.381 e. The molecule has 1 aromatic heterocycles. The van der Waals surface area contributed by atoms with Crippen molar-refractivity contribution in [2.45, 2.75) is 45.1 Å². The summed E-state index contributed by atoms with van der Waals surface area (Å²) in [7, 11) is 0. The number of rotatable bonds is 3. The van der Waals surface area contributed by atoms with Crippen LogP contribution < -0.4 is 5.32 Å². The van der Waals surface area contributed by atoms with Gasteiger partial charge in [-0.2, -0.15) is 0 Å². The van der Waals surface area contributed by atoms with Crippen LogP contribution in [0.4, 0.5) is 0 Å². The maximum absolute atomic E-state index is 12.6. The van der Waals surface area contributed by atoms with Crippen LogP contribution in [0.5, 0.6) is 0 Å². The molecule has 1 aliphatic heterocycles. The highest BCUT2D eigenvalue weighted by molar-refractivity contribution is 7.18. The van der Waals surface area contributed by atoms with Crippen molar-refractivity contribution in [2.75, 3.05) is 13.2 Å². The van der Waals surface area contributed by atoms with Gasteiger partial charge in [0.1, 0.15) is 0 Å². The minimum Gasteiger partial charge on any atom is -0.381 e. The molecule has 2 aliphatic rings. The molecule has 1 atom stereocenters. The molecule has 1 saturated heterocycles. The summed E-state index contributed by atoms with van der Waals surface area (Å²) < 4.78 is 6.58. The average molecular weight is 330 g/mol. The van der Waals surface area contributed by atoms with E-state index < -0.39 is 0 Å². The summed E-state index contributed by atoms with van der Waals surface area (Å²) in [5.74, 6) is 0.0499. The number of aromatic nitrogens is 1. The highest BCUT2D eigenvalue weighted by Gasteiger charge is 2.47. The number of nitrogens with one attached hydrogen (secondary N) is 1. The highest BCUT2D eigenvalue weighted by Crippen LogP contribution is 2.48. The van der Waals surface area contributed by atoms with E-state index in [-0.39, 0.29) is 11.3 Å². The number of hydrogen-bond donors (Lipinski definition) is 1. The Kier molecular flexibility index (Phi) is 3.85. The Labute approximate surface area is 140 Å². The third-order valence-corrected chi connectivity index (χ3v) is 6.62. The number of hydrogen-bond acceptors (Lipinski definition) is 4. The van der Waals surface area contributed by atoms with Gasteiger partial charge < -0.3 is 10.1 Å². The van der Waals surface area contributed by atoms with Gasteiger partial charge in [-0.3, -0.25) is 4.79 Å². The summed E-state index contributed by atoms with van der Waals surface area (Å²) in [6.07, 6.45) is 5.40. The number of amides is 1. The molecule has 2 aromatic rings. The number of carbonyl (C=O) groups is 1. The predicted molar refractivity (Wildman–Crippen MR) is 92.0 cm³/mol. The van der Waals surface area contributed by atoms with E-state index in [0.29, 0.717) is 6.04 Å². The molecule has 122 valence electrons. The van der Waals surface area contributed by atoms with Crippen LogP contribution in [0.25, 0.3) is 10.2 Å². The topological polar surface area (TPSA) is 51.2 Å². The van der Waals surface area contributed by atoms with Crippen molar-refractivity contribution in [3.8, 4) is 0 Å². The van der Waals surface area contributed by atoms with Crippen molar-refractivity contribution in [1.29, 1.82) is 0 Å². The minimum absolute atomic E-state index is 0.0499. The summed E-state index contributed by atoms with van der Waals surface area (Å²) >= 11 is 1.68. The predicted octanol–water partition coefficient (Wildman–Crippen LogP) is 3.55. The lowest BCUT2D eigenvalue weighted by Gasteiger charge is -2.52. The molecular weight excluding hydrogens is 308 g/mol. The molecule has 1 aromatic carbocycles. The Hall–Kier alpha value is -1.46. The summed E-state index contributed by atoms with van der Waals surface area (Å²) in [6, 6.07) is 6.15. The van der Waals surface area contributed by atoms with Crippen LogP contribution in [0, 0.1) is 5.41 Å². The zero-order chi connectivity index (χ0) is 15.9. The van der Waals surface area contributed by atoms with Crippen LogP contribution in [0.2, 0.25) is 0 Å². The Bertz CT molecular complexity index is 734. The minimum atomic E-state index is 0.0499. The van der Waals surface area contributed by atoms with Gasteiger partial charge in [-0.1, -0.05) is 6.92 Å². The van der Waals surface area contributed by atoms with E-state index in [0.717, 1.165) is 59.7 Å². The average Bonchev–Trinajstić information content (AvgIpc) is 3.01. The van der Waals surface area contributed by atoms with Gasteiger partial charge in [0, 0.05) is 24.8 Å². The molecule has 2 heterocycles. The fourth-order valence-electron chi connectivity index (χ4n) is 3.80. The first-order valence-corrected chi connectivity index (χ1v) is 9.30. The lowest BCUT2D eigenvalue weighted by Crippen LogP contribution is -2.57. The van der Waals surface area contributed by atoms with Crippen LogP contribution in [-0.4, -0.2) is 30.1 Å². The van der Waals surface area contributed by atoms with Crippen LogP contribution >= 0.6 is 11.3 Å². The van der Waals surface area contributed by atoms with Gasteiger partial charge in [0.2, 0.25) is 0 Å². The molecule has 1 spiro atoms. The van der Waals surface area contributed by atoms with Crippen molar-refractivity contribution in [3.63, 3.8) is 0 Å². The summed E-state index contributed by atoms with van der Waals surface area (Å²) in [5, 5.41) is 4.39. The quantitative estimate of drug-likeness (QED) is 0.936. The SMILES string of the molecule is CCc1nc2ccc(C(=O)NC3CCC34CCOCC4)cc2s1. The van der Waals surface area contributed by atoms with E-state index in [4.69, 9.17) is 4.74 Å². The molecule has 1 unspecified atom stereocenters.